The van der Waals surface area contributed by atoms with Crippen molar-refractivity contribution >= 4 is 5.97 Å². The van der Waals surface area contributed by atoms with Crippen LogP contribution in [0.5, 0.6) is 0 Å². The number of aryl methyl sites for hydroxylation is 1. The second kappa shape index (κ2) is 9.85. The van der Waals surface area contributed by atoms with Gasteiger partial charge in [0.25, 0.3) is 0 Å². The van der Waals surface area contributed by atoms with Crippen LogP contribution in [-0.4, -0.2) is 42.8 Å². The molecule has 28 heavy (non-hydrogen) atoms. The molecule has 0 radical (unpaired) electrons. The van der Waals surface area contributed by atoms with Gasteiger partial charge in [0.1, 0.15) is 0 Å². The van der Waals surface area contributed by atoms with Crippen molar-refractivity contribution in [2.24, 2.45) is 5.41 Å². The van der Waals surface area contributed by atoms with Gasteiger partial charge >= 0.3 is 5.97 Å². The zero-order chi connectivity index (χ0) is 19.8. The summed E-state index contributed by atoms with van der Waals surface area (Å²) < 4.78 is 4.76. The van der Waals surface area contributed by atoms with Crippen LogP contribution in [0.15, 0.2) is 54.6 Å². The molecule has 1 fully saturated rings. The van der Waals surface area contributed by atoms with Crippen LogP contribution in [0.2, 0.25) is 0 Å². The minimum atomic E-state index is -0.303. The van der Waals surface area contributed by atoms with E-state index in [1.807, 2.05) is 24.3 Å². The summed E-state index contributed by atoms with van der Waals surface area (Å²) in [7, 11) is 1.40. The molecular weight excluding hydrogens is 350 g/mol. The van der Waals surface area contributed by atoms with Crippen molar-refractivity contribution in [1.82, 2.24) is 4.90 Å². The summed E-state index contributed by atoms with van der Waals surface area (Å²) in [6.07, 6.45) is 5.43. The fourth-order valence-corrected chi connectivity index (χ4v) is 4.29. The summed E-state index contributed by atoms with van der Waals surface area (Å²) >= 11 is 0. The smallest absolute Gasteiger partial charge is 0.337 e. The molecule has 0 bridgehead atoms. The molecule has 3 rings (SSSR count). The van der Waals surface area contributed by atoms with Crippen LogP contribution in [-0.2, 0) is 17.7 Å². The number of carbonyl (C=O) groups is 1. The molecule has 0 spiro atoms. The van der Waals surface area contributed by atoms with Crippen molar-refractivity contribution in [2.45, 2.75) is 38.6 Å². The Hall–Kier alpha value is -2.17. The molecule has 0 unspecified atom stereocenters. The molecule has 1 atom stereocenters. The lowest BCUT2D eigenvalue weighted by Gasteiger charge is -2.42. The van der Waals surface area contributed by atoms with Crippen molar-refractivity contribution in [3.05, 3.63) is 71.3 Å². The van der Waals surface area contributed by atoms with Crippen molar-refractivity contribution in [2.75, 3.05) is 26.8 Å². The number of likely N-dealkylation sites (tertiary alicyclic amines) is 1. The number of rotatable bonds is 8. The van der Waals surface area contributed by atoms with Crippen LogP contribution in [0, 0.1) is 5.41 Å². The number of benzene rings is 2. The molecule has 0 aliphatic carbocycles. The molecule has 0 saturated carbocycles. The van der Waals surface area contributed by atoms with E-state index in [1.54, 1.807) is 0 Å². The fraction of sp³-hybridized carbons (Fsp3) is 0.458. The van der Waals surface area contributed by atoms with Gasteiger partial charge in [0, 0.05) is 25.1 Å². The average Bonchev–Trinajstić information content (AvgIpc) is 2.75. The lowest BCUT2D eigenvalue weighted by atomic mass is 9.76. The molecule has 1 saturated heterocycles. The van der Waals surface area contributed by atoms with Gasteiger partial charge in [-0.1, -0.05) is 42.5 Å². The molecule has 1 aliphatic rings. The predicted octanol–water partition coefficient (Wildman–Crippen LogP) is 4.07. The van der Waals surface area contributed by atoms with E-state index in [0.717, 1.165) is 51.7 Å². The topological polar surface area (TPSA) is 49.8 Å². The molecule has 0 amide bonds. The number of piperidine rings is 1. The Morgan fingerprint density at radius 1 is 1.11 bits per heavy atom. The Bertz CT molecular complexity index is 744. The molecule has 2 aromatic rings. The van der Waals surface area contributed by atoms with Crippen molar-refractivity contribution in [1.29, 1.82) is 0 Å². The highest BCUT2D eigenvalue weighted by molar-refractivity contribution is 5.89. The highest BCUT2D eigenvalue weighted by Crippen LogP contribution is 2.35. The first kappa shape index (κ1) is 20.6. The molecule has 1 aliphatic heterocycles. The summed E-state index contributed by atoms with van der Waals surface area (Å²) in [5.74, 6) is -0.303. The third kappa shape index (κ3) is 5.43. The summed E-state index contributed by atoms with van der Waals surface area (Å²) in [5, 5.41) is 10.2. The molecule has 150 valence electrons. The van der Waals surface area contributed by atoms with E-state index in [-0.39, 0.29) is 18.0 Å². The molecule has 1 heterocycles. The number of aliphatic hydroxyl groups is 1. The summed E-state index contributed by atoms with van der Waals surface area (Å²) in [5.41, 5.74) is 3.13. The molecule has 4 nitrogen and oxygen atoms in total. The molecule has 1 N–H and O–H groups in total. The number of methoxy groups -OCH3 is 1. The minimum Gasteiger partial charge on any atom is -0.465 e. The maximum absolute atomic E-state index is 11.6. The fourth-order valence-electron chi connectivity index (χ4n) is 4.29. The maximum atomic E-state index is 11.6. The van der Waals surface area contributed by atoms with Crippen molar-refractivity contribution in [3.8, 4) is 0 Å². The predicted molar refractivity (Wildman–Crippen MR) is 111 cm³/mol. The van der Waals surface area contributed by atoms with Gasteiger partial charge in [0.15, 0.2) is 0 Å². The number of esters is 1. The second-order valence-corrected chi connectivity index (χ2v) is 8.00. The first-order valence-corrected chi connectivity index (χ1v) is 10.2. The van der Waals surface area contributed by atoms with Crippen LogP contribution < -0.4 is 0 Å². The van der Waals surface area contributed by atoms with Crippen molar-refractivity contribution < 1.29 is 14.6 Å². The lowest BCUT2D eigenvalue weighted by Crippen LogP contribution is -2.45. The van der Waals surface area contributed by atoms with Gasteiger partial charge in [-0.05, 0) is 61.9 Å². The molecule has 2 aromatic carbocycles. The molecule has 0 aromatic heterocycles. The van der Waals surface area contributed by atoms with Gasteiger partial charge in [-0.25, -0.2) is 4.79 Å². The SMILES string of the molecule is COC(=O)c1ccc(CN2CCC[C@@](CO)(CCCc3ccccc3)C2)cc1. The second-order valence-electron chi connectivity index (χ2n) is 8.00. The van der Waals surface area contributed by atoms with E-state index in [1.165, 1.54) is 18.2 Å². The van der Waals surface area contributed by atoms with Crippen LogP contribution in [0.1, 0.15) is 47.2 Å². The minimum absolute atomic E-state index is 0.00100. The Kier molecular flexibility index (Phi) is 7.24. The summed E-state index contributed by atoms with van der Waals surface area (Å²) in [6.45, 7) is 3.08. The van der Waals surface area contributed by atoms with Crippen LogP contribution >= 0.6 is 0 Å². The zero-order valence-electron chi connectivity index (χ0n) is 16.8. The molecular formula is C24H31NO3. The Morgan fingerprint density at radius 2 is 1.86 bits per heavy atom. The number of carbonyl (C=O) groups excluding carboxylic acids is 1. The van der Waals surface area contributed by atoms with Gasteiger partial charge in [-0.15, -0.1) is 0 Å². The van der Waals surface area contributed by atoms with E-state index in [2.05, 4.69) is 35.2 Å². The highest BCUT2D eigenvalue weighted by Gasteiger charge is 2.34. The average molecular weight is 382 g/mol. The lowest BCUT2D eigenvalue weighted by molar-refractivity contribution is 0.0208. The number of nitrogens with zero attached hydrogens (tertiary/aromatic N) is 1. The quantitative estimate of drug-likeness (QED) is 0.700. The Morgan fingerprint density at radius 3 is 2.54 bits per heavy atom. The normalized spacial score (nSPS) is 20.1. The zero-order valence-corrected chi connectivity index (χ0v) is 16.8. The number of ether oxygens (including phenoxy) is 1. The standard InChI is InChI=1S/C24H31NO3/c1-28-23(27)22-12-10-21(11-13-22)17-25-16-6-15-24(18-25,19-26)14-5-9-20-7-3-2-4-8-20/h2-4,7-8,10-13,26H,5-6,9,14-19H2,1H3/t24-/m0/s1. The largest absolute Gasteiger partial charge is 0.465 e. The number of hydrogen-bond donors (Lipinski definition) is 1. The van der Waals surface area contributed by atoms with Gasteiger partial charge in [0.2, 0.25) is 0 Å². The maximum Gasteiger partial charge on any atom is 0.337 e. The third-order valence-electron chi connectivity index (χ3n) is 5.87. The van der Waals surface area contributed by atoms with E-state index < -0.39 is 0 Å². The van der Waals surface area contributed by atoms with Gasteiger partial charge in [-0.3, -0.25) is 4.90 Å². The van der Waals surface area contributed by atoms with Crippen LogP contribution in [0.4, 0.5) is 0 Å². The highest BCUT2D eigenvalue weighted by atomic mass is 16.5. The Labute approximate surface area is 168 Å². The van der Waals surface area contributed by atoms with E-state index in [0.29, 0.717) is 5.56 Å². The first-order chi connectivity index (χ1) is 13.6. The van der Waals surface area contributed by atoms with Gasteiger partial charge < -0.3 is 9.84 Å². The molecule has 4 heteroatoms. The van der Waals surface area contributed by atoms with E-state index in [4.69, 9.17) is 4.74 Å². The number of hydrogen-bond acceptors (Lipinski definition) is 4. The third-order valence-corrected chi connectivity index (χ3v) is 5.87. The van der Waals surface area contributed by atoms with Gasteiger partial charge in [0.05, 0.1) is 12.7 Å². The summed E-state index contributed by atoms with van der Waals surface area (Å²) in [4.78, 5) is 14.0. The number of aliphatic hydroxyl groups excluding tert-OH is 1. The summed E-state index contributed by atoms with van der Waals surface area (Å²) in [6, 6.07) is 18.2. The Balaban J connectivity index is 1.55. The van der Waals surface area contributed by atoms with Gasteiger partial charge in [-0.2, -0.15) is 0 Å². The monoisotopic (exact) mass is 381 g/mol. The van der Waals surface area contributed by atoms with E-state index in [9.17, 15) is 9.90 Å². The van der Waals surface area contributed by atoms with E-state index >= 15 is 0 Å². The van der Waals surface area contributed by atoms with Crippen LogP contribution in [0.3, 0.4) is 0 Å². The first-order valence-electron chi connectivity index (χ1n) is 10.2. The van der Waals surface area contributed by atoms with Crippen molar-refractivity contribution in [3.63, 3.8) is 0 Å². The van der Waals surface area contributed by atoms with Crippen LogP contribution in [0.25, 0.3) is 0 Å².